The van der Waals surface area contributed by atoms with Crippen LogP contribution in [-0.2, 0) is 4.79 Å². The van der Waals surface area contributed by atoms with Crippen molar-refractivity contribution in [1.29, 1.82) is 0 Å². The summed E-state index contributed by atoms with van der Waals surface area (Å²) in [6, 6.07) is 8.87. The fraction of sp³-hybridized carbons (Fsp3) is 0.0769. The van der Waals surface area contributed by atoms with E-state index in [4.69, 9.17) is 16.0 Å². The van der Waals surface area contributed by atoms with Gasteiger partial charge in [-0.05, 0) is 24.3 Å². The van der Waals surface area contributed by atoms with Crippen LogP contribution in [0.1, 0.15) is 5.56 Å². The molecule has 2 N–H and O–H groups in total. The fourth-order valence-electron chi connectivity index (χ4n) is 1.35. The van der Waals surface area contributed by atoms with Gasteiger partial charge < -0.3 is 9.73 Å². The van der Waals surface area contributed by atoms with Gasteiger partial charge in [-0.25, -0.2) is 5.43 Å². The summed E-state index contributed by atoms with van der Waals surface area (Å²) in [7, 11) is 0. The molecule has 0 radical (unpaired) electrons. The van der Waals surface area contributed by atoms with Gasteiger partial charge >= 0.3 is 0 Å². The summed E-state index contributed by atoms with van der Waals surface area (Å²) in [4.78, 5) is 11.5. The zero-order valence-electron chi connectivity index (χ0n) is 9.97. The Hall–Kier alpha value is -2.27. The number of hydrogen-bond donors (Lipinski definition) is 2. The average Bonchev–Trinajstić information content (AvgIpc) is 2.90. The van der Waals surface area contributed by atoms with Gasteiger partial charge in [0.05, 0.1) is 25.3 Å². The molecule has 0 aliphatic carbocycles. The van der Waals surface area contributed by atoms with Gasteiger partial charge in [0.15, 0.2) is 0 Å². The summed E-state index contributed by atoms with van der Waals surface area (Å²) in [5.74, 6) is -0.250. The number of hydrogen-bond acceptors (Lipinski definition) is 4. The molecule has 0 aliphatic heterocycles. The van der Waals surface area contributed by atoms with E-state index in [1.807, 2.05) is 6.07 Å². The SMILES string of the molecule is O=C(CNc1cccc(Cl)c1)N/N=C/c1ccoc1. The number of rotatable bonds is 5. The molecule has 0 fully saturated rings. The van der Waals surface area contributed by atoms with E-state index in [1.54, 1.807) is 24.3 Å². The lowest BCUT2D eigenvalue weighted by Gasteiger charge is -2.05. The number of carbonyl (C=O) groups excluding carboxylic acids is 1. The molecule has 1 amide bonds. The Kier molecular flexibility index (Phi) is 4.58. The Morgan fingerprint density at radius 3 is 3.05 bits per heavy atom. The largest absolute Gasteiger partial charge is 0.472 e. The third kappa shape index (κ3) is 4.48. The van der Waals surface area contributed by atoms with Gasteiger partial charge in [0.1, 0.15) is 0 Å². The predicted octanol–water partition coefficient (Wildman–Crippen LogP) is 2.50. The van der Waals surface area contributed by atoms with Crippen molar-refractivity contribution >= 4 is 29.4 Å². The Morgan fingerprint density at radius 2 is 2.32 bits per heavy atom. The maximum Gasteiger partial charge on any atom is 0.259 e. The molecule has 1 aromatic heterocycles. The summed E-state index contributed by atoms with van der Waals surface area (Å²) in [6.45, 7) is 0.114. The normalized spacial score (nSPS) is 10.6. The van der Waals surface area contributed by atoms with Crippen molar-refractivity contribution in [2.45, 2.75) is 0 Å². The Morgan fingerprint density at radius 1 is 1.42 bits per heavy atom. The average molecular weight is 278 g/mol. The van der Waals surface area contributed by atoms with Gasteiger partial charge in [0.2, 0.25) is 0 Å². The monoisotopic (exact) mass is 277 g/mol. The van der Waals surface area contributed by atoms with Crippen LogP contribution in [0.15, 0.2) is 52.4 Å². The second-order valence-corrected chi connectivity index (χ2v) is 4.15. The topological polar surface area (TPSA) is 66.6 Å². The first-order valence-electron chi connectivity index (χ1n) is 5.57. The maximum atomic E-state index is 11.5. The zero-order chi connectivity index (χ0) is 13.5. The minimum atomic E-state index is -0.250. The minimum absolute atomic E-state index is 0.114. The van der Waals surface area contributed by atoms with Crippen LogP contribution in [0.2, 0.25) is 5.02 Å². The van der Waals surface area contributed by atoms with E-state index in [0.29, 0.717) is 5.02 Å². The highest BCUT2D eigenvalue weighted by molar-refractivity contribution is 6.30. The van der Waals surface area contributed by atoms with Crippen LogP contribution in [0.3, 0.4) is 0 Å². The van der Waals surface area contributed by atoms with Crippen molar-refractivity contribution in [2.75, 3.05) is 11.9 Å². The molecule has 1 aromatic carbocycles. The molecule has 0 aliphatic rings. The molecule has 98 valence electrons. The number of furan rings is 1. The molecule has 1 heterocycles. The van der Waals surface area contributed by atoms with Crippen molar-refractivity contribution in [2.24, 2.45) is 5.10 Å². The van der Waals surface area contributed by atoms with Crippen LogP contribution in [-0.4, -0.2) is 18.7 Å². The smallest absolute Gasteiger partial charge is 0.259 e. The molecule has 6 heteroatoms. The summed E-state index contributed by atoms with van der Waals surface area (Å²) < 4.78 is 4.86. The predicted molar refractivity (Wildman–Crippen MR) is 74.4 cm³/mol. The Balaban J connectivity index is 1.76. The number of nitrogens with zero attached hydrogens (tertiary/aromatic N) is 1. The summed E-state index contributed by atoms with van der Waals surface area (Å²) >= 11 is 5.83. The Labute approximate surface area is 115 Å². The number of anilines is 1. The molecule has 0 bridgehead atoms. The van der Waals surface area contributed by atoms with E-state index < -0.39 is 0 Å². The van der Waals surface area contributed by atoms with Crippen LogP contribution in [0.5, 0.6) is 0 Å². The highest BCUT2D eigenvalue weighted by Gasteiger charge is 1.99. The van der Waals surface area contributed by atoms with E-state index in [9.17, 15) is 4.79 Å². The van der Waals surface area contributed by atoms with E-state index in [-0.39, 0.29) is 12.5 Å². The van der Waals surface area contributed by atoms with Crippen molar-refractivity contribution in [3.63, 3.8) is 0 Å². The molecule has 0 saturated heterocycles. The zero-order valence-corrected chi connectivity index (χ0v) is 10.7. The number of hydrazone groups is 1. The molecule has 0 atom stereocenters. The standard InChI is InChI=1S/C13H12ClN3O2/c14-11-2-1-3-12(6-11)15-8-13(18)17-16-7-10-4-5-19-9-10/h1-7,9,15H,8H2,(H,17,18)/b16-7+. The fourth-order valence-corrected chi connectivity index (χ4v) is 1.54. The first-order valence-corrected chi connectivity index (χ1v) is 5.95. The van der Waals surface area contributed by atoms with Crippen molar-refractivity contribution in [3.8, 4) is 0 Å². The highest BCUT2D eigenvalue weighted by atomic mass is 35.5. The van der Waals surface area contributed by atoms with Gasteiger partial charge in [-0.15, -0.1) is 0 Å². The Bertz CT molecular complexity index is 567. The molecular weight excluding hydrogens is 266 g/mol. The van der Waals surface area contributed by atoms with Gasteiger partial charge in [0, 0.05) is 16.3 Å². The van der Waals surface area contributed by atoms with Gasteiger partial charge in [-0.1, -0.05) is 17.7 Å². The number of halogens is 1. The quantitative estimate of drug-likeness (QED) is 0.652. The lowest BCUT2D eigenvalue weighted by Crippen LogP contribution is -2.25. The second kappa shape index (κ2) is 6.61. The van der Waals surface area contributed by atoms with Crippen LogP contribution < -0.4 is 10.7 Å². The number of carbonyl (C=O) groups is 1. The molecule has 2 aromatic rings. The summed E-state index contributed by atoms with van der Waals surface area (Å²) in [5.41, 5.74) is 3.96. The van der Waals surface area contributed by atoms with Crippen LogP contribution in [0.4, 0.5) is 5.69 Å². The van der Waals surface area contributed by atoms with Crippen LogP contribution in [0, 0.1) is 0 Å². The van der Waals surface area contributed by atoms with E-state index in [0.717, 1.165) is 11.3 Å². The van der Waals surface area contributed by atoms with E-state index >= 15 is 0 Å². The van der Waals surface area contributed by atoms with E-state index in [1.165, 1.54) is 18.7 Å². The lowest BCUT2D eigenvalue weighted by molar-refractivity contribution is -0.119. The number of amides is 1. The van der Waals surface area contributed by atoms with Crippen molar-refractivity contribution in [3.05, 3.63) is 53.4 Å². The second-order valence-electron chi connectivity index (χ2n) is 3.71. The maximum absolute atomic E-state index is 11.5. The van der Waals surface area contributed by atoms with Gasteiger partial charge in [-0.3, -0.25) is 4.79 Å². The van der Waals surface area contributed by atoms with Crippen molar-refractivity contribution < 1.29 is 9.21 Å². The molecular formula is C13H12ClN3O2. The van der Waals surface area contributed by atoms with Crippen LogP contribution in [0.25, 0.3) is 0 Å². The molecule has 0 unspecified atom stereocenters. The van der Waals surface area contributed by atoms with Crippen LogP contribution >= 0.6 is 11.6 Å². The third-order valence-corrected chi connectivity index (χ3v) is 2.46. The lowest BCUT2D eigenvalue weighted by atomic mass is 10.3. The van der Waals surface area contributed by atoms with Gasteiger partial charge in [0.25, 0.3) is 5.91 Å². The first-order chi connectivity index (χ1) is 9.24. The van der Waals surface area contributed by atoms with E-state index in [2.05, 4.69) is 15.8 Å². The number of nitrogens with one attached hydrogen (secondary N) is 2. The van der Waals surface area contributed by atoms with Gasteiger partial charge in [-0.2, -0.15) is 5.10 Å². The third-order valence-electron chi connectivity index (χ3n) is 2.22. The molecule has 5 nitrogen and oxygen atoms in total. The molecule has 0 saturated carbocycles. The minimum Gasteiger partial charge on any atom is -0.472 e. The summed E-state index contributed by atoms with van der Waals surface area (Å²) in [6.07, 6.45) is 4.56. The number of benzene rings is 1. The highest BCUT2D eigenvalue weighted by Crippen LogP contribution is 2.14. The molecule has 0 spiro atoms. The molecule has 2 rings (SSSR count). The van der Waals surface area contributed by atoms with Crippen molar-refractivity contribution in [1.82, 2.24) is 5.43 Å². The summed E-state index contributed by atoms with van der Waals surface area (Å²) in [5, 5.41) is 7.35. The molecule has 19 heavy (non-hydrogen) atoms. The first kappa shape index (κ1) is 13.2.